The number of hydrogen-bond donors (Lipinski definition) is 4. The number of aliphatic hydroxyl groups excluding tert-OH is 2. The molecular weight excluding hydrogens is 262 g/mol. The Hall–Kier alpha value is -1.89. The minimum absolute atomic E-state index is 0.0542. The van der Waals surface area contributed by atoms with Gasteiger partial charge in [0.05, 0.1) is 12.7 Å². The second kappa shape index (κ2) is 8.31. The lowest BCUT2D eigenvalue weighted by molar-refractivity contribution is -0.125. The number of hydroxylamine groups is 1. The molecule has 0 saturated heterocycles. The molecule has 1 aromatic rings. The van der Waals surface area contributed by atoms with Crippen molar-refractivity contribution in [1.29, 1.82) is 0 Å². The van der Waals surface area contributed by atoms with Gasteiger partial charge in [0.25, 0.3) is 5.91 Å². The van der Waals surface area contributed by atoms with Crippen LogP contribution in [-0.2, 0) is 4.79 Å². The zero-order valence-electron chi connectivity index (χ0n) is 11.2. The molecule has 4 N–H and O–H groups in total. The van der Waals surface area contributed by atoms with Crippen molar-refractivity contribution in [3.63, 3.8) is 0 Å². The molecule has 0 aromatic heterocycles. The smallest absolute Gasteiger partial charge is 0.269 e. The number of benzene rings is 1. The molecule has 0 fully saturated rings. The van der Waals surface area contributed by atoms with Gasteiger partial charge in [-0.15, -0.1) is 0 Å². The van der Waals surface area contributed by atoms with E-state index in [1.165, 1.54) is 5.48 Å². The number of carbonyl (C=O) groups is 1. The first-order valence-electron chi connectivity index (χ1n) is 6.21. The summed E-state index contributed by atoms with van der Waals surface area (Å²) in [6, 6.07) is 6.83. The SMILES string of the molecule is C/C(=C\C[C@H](O)c1ccc(OCCO)cc1)C(=O)NO. The number of rotatable bonds is 7. The van der Waals surface area contributed by atoms with Gasteiger partial charge in [0.2, 0.25) is 0 Å². The van der Waals surface area contributed by atoms with E-state index in [4.69, 9.17) is 15.1 Å². The van der Waals surface area contributed by atoms with E-state index in [0.717, 1.165) is 0 Å². The van der Waals surface area contributed by atoms with Gasteiger partial charge < -0.3 is 14.9 Å². The van der Waals surface area contributed by atoms with E-state index in [1.807, 2.05) is 0 Å². The van der Waals surface area contributed by atoms with Crippen LogP contribution in [0.4, 0.5) is 0 Å². The van der Waals surface area contributed by atoms with Crippen LogP contribution in [0.3, 0.4) is 0 Å². The largest absolute Gasteiger partial charge is 0.491 e. The highest BCUT2D eigenvalue weighted by molar-refractivity contribution is 5.91. The fourth-order valence-electron chi connectivity index (χ4n) is 1.56. The van der Waals surface area contributed by atoms with Crippen molar-refractivity contribution in [3.8, 4) is 5.75 Å². The predicted molar refractivity (Wildman–Crippen MR) is 72.3 cm³/mol. The molecule has 0 aliphatic carbocycles. The van der Waals surface area contributed by atoms with Crippen molar-refractivity contribution in [3.05, 3.63) is 41.5 Å². The summed E-state index contributed by atoms with van der Waals surface area (Å²) in [5.74, 6) is 0.0198. The monoisotopic (exact) mass is 281 g/mol. The number of nitrogens with one attached hydrogen (secondary N) is 1. The number of aliphatic hydroxyl groups is 2. The van der Waals surface area contributed by atoms with Gasteiger partial charge in [-0.1, -0.05) is 18.2 Å². The molecular formula is C14H19NO5. The second-order valence-electron chi connectivity index (χ2n) is 4.22. The maximum absolute atomic E-state index is 11.1. The van der Waals surface area contributed by atoms with Crippen LogP contribution in [-0.4, -0.2) is 34.5 Å². The highest BCUT2D eigenvalue weighted by Crippen LogP contribution is 2.21. The van der Waals surface area contributed by atoms with Crippen LogP contribution >= 0.6 is 0 Å². The third-order valence-corrected chi connectivity index (χ3v) is 2.73. The Morgan fingerprint density at radius 2 is 2.05 bits per heavy atom. The average Bonchev–Trinajstić information content (AvgIpc) is 2.49. The van der Waals surface area contributed by atoms with Gasteiger partial charge in [0.1, 0.15) is 12.4 Å². The minimum Gasteiger partial charge on any atom is -0.491 e. The van der Waals surface area contributed by atoms with Gasteiger partial charge in [-0.2, -0.15) is 0 Å². The van der Waals surface area contributed by atoms with E-state index in [1.54, 1.807) is 37.3 Å². The molecule has 6 heteroatoms. The Bertz CT molecular complexity index is 455. The molecule has 110 valence electrons. The summed E-state index contributed by atoms with van der Waals surface area (Å²) in [6.45, 7) is 1.71. The summed E-state index contributed by atoms with van der Waals surface area (Å²) in [7, 11) is 0. The van der Waals surface area contributed by atoms with E-state index in [-0.39, 0.29) is 19.6 Å². The van der Waals surface area contributed by atoms with E-state index >= 15 is 0 Å². The first kappa shape index (κ1) is 16.2. The van der Waals surface area contributed by atoms with Crippen LogP contribution in [0, 0.1) is 0 Å². The first-order chi connectivity index (χ1) is 9.58. The molecule has 0 aliphatic heterocycles. The van der Waals surface area contributed by atoms with E-state index in [2.05, 4.69) is 0 Å². The average molecular weight is 281 g/mol. The zero-order valence-corrected chi connectivity index (χ0v) is 11.2. The lowest BCUT2D eigenvalue weighted by atomic mass is 10.0. The molecule has 1 atom stereocenters. The maximum atomic E-state index is 11.1. The summed E-state index contributed by atoms with van der Waals surface area (Å²) >= 11 is 0. The quantitative estimate of drug-likeness (QED) is 0.338. The molecule has 0 radical (unpaired) electrons. The molecule has 1 rings (SSSR count). The maximum Gasteiger partial charge on any atom is 0.269 e. The Kier molecular flexibility index (Phi) is 6.72. The Labute approximate surface area is 117 Å². The second-order valence-corrected chi connectivity index (χ2v) is 4.22. The number of carbonyl (C=O) groups excluding carboxylic acids is 1. The Morgan fingerprint density at radius 1 is 1.40 bits per heavy atom. The van der Waals surface area contributed by atoms with Crippen LogP contribution < -0.4 is 10.2 Å². The van der Waals surface area contributed by atoms with Gasteiger partial charge in [0.15, 0.2) is 0 Å². The number of hydrogen-bond acceptors (Lipinski definition) is 5. The normalized spacial score (nSPS) is 12.9. The topological polar surface area (TPSA) is 99.0 Å². The fraction of sp³-hybridized carbons (Fsp3) is 0.357. The predicted octanol–water partition coefficient (Wildman–Crippen LogP) is 0.933. The minimum atomic E-state index is -0.747. The van der Waals surface area contributed by atoms with Crippen LogP contribution in [0.5, 0.6) is 5.75 Å². The third kappa shape index (κ3) is 5.00. The number of ether oxygens (including phenoxy) is 1. The zero-order chi connectivity index (χ0) is 15.0. The lowest BCUT2D eigenvalue weighted by Crippen LogP contribution is -2.19. The molecule has 0 saturated carbocycles. The Morgan fingerprint density at radius 3 is 2.60 bits per heavy atom. The summed E-state index contributed by atoms with van der Waals surface area (Å²) in [6.07, 6.45) is 1.06. The standard InChI is InChI=1S/C14H19NO5/c1-10(14(18)15-19)2-7-13(17)11-3-5-12(6-4-11)20-9-8-16/h2-6,13,16-17,19H,7-9H2,1H3,(H,15,18)/b10-2+/t13-/m0/s1. The van der Waals surface area contributed by atoms with Crippen molar-refractivity contribution < 1.29 is 25.0 Å². The van der Waals surface area contributed by atoms with E-state index in [9.17, 15) is 9.90 Å². The van der Waals surface area contributed by atoms with Crippen molar-refractivity contribution >= 4 is 5.91 Å². The number of amides is 1. The Balaban J connectivity index is 2.59. The third-order valence-electron chi connectivity index (χ3n) is 2.73. The lowest BCUT2D eigenvalue weighted by Gasteiger charge is -2.10. The van der Waals surface area contributed by atoms with Crippen molar-refractivity contribution in [2.45, 2.75) is 19.4 Å². The summed E-state index contributed by atoms with van der Waals surface area (Å²) in [5.41, 5.74) is 2.55. The van der Waals surface area contributed by atoms with E-state index in [0.29, 0.717) is 16.9 Å². The van der Waals surface area contributed by atoms with Gasteiger partial charge in [-0.3, -0.25) is 10.0 Å². The van der Waals surface area contributed by atoms with Crippen LogP contribution in [0.1, 0.15) is 25.0 Å². The van der Waals surface area contributed by atoms with Crippen molar-refractivity contribution in [1.82, 2.24) is 5.48 Å². The molecule has 0 bridgehead atoms. The highest BCUT2D eigenvalue weighted by atomic mass is 16.5. The molecule has 0 spiro atoms. The van der Waals surface area contributed by atoms with Gasteiger partial charge >= 0.3 is 0 Å². The van der Waals surface area contributed by atoms with Crippen molar-refractivity contribution in [2.75, 3.05) is 13.2 Å². The van der Waals surface area contributed by atoms with Crippen LogP contribution in [0.25, 0.3) is 0 Å². The van der Waals surface area contributed by atoms with Crippen molar-refractivity contribution in [2.24, 2.45) is 0 Å². The first-order valence-corrected chi connectivity index (χ1v) is 6.21. The highest BCUT2D eigenvalue weighted by Gasteiger charge is 2.08. The molecule has 0 heterocycles. The summed E-state index contributed by atoms with van der Waals surface area (Å²) < 4.78 is 5.21. The van der Waals surface area contributed by atoms with Crippen LogP contribution in [0.15, 0.2) is 35.9 Å². The van der Waals surface area contributed by atoms with E-state index < -0.39 is 12.0 Å². The fourth-order valence-corrected chi connectivity index (χ4v) is 1.56. The molecule has 0 unspecified atom stereocenters. The molecule has 1 aromatic carbocycles. The van der Waals surface area contributed by atoms with Crippen LogP contribution in [0.2, 0.25) is 0 Å². The molecule has 20 heavy (non-hydrogen) atoms. The van der Waals surface area contributed by atoms with Gasteiger partial charge in [-0.25, -0.2) is 5.48 Å². The van der Waals surface area contributed by atoms with Gasteiger partial charge in [-0.05, 0) is 31.0 Å². The molecule has 6 nitrogen and oxygen atoms in total. The summed E-state index contributed by atoms with van der Waals surface area (Å²) in [5, 5.41) is 27.1. The van der Waals surface area contributed by atoms with Gasteiger partial charge in [0, 0.05) is 5.57 Å². The molecule has 0 aliphatic rings. The molecule has 1 amide bonds. The summed E-state index contributed by atoms with van der Waals surface area (Å²) in [4.78, 5) is 11.1.